The Hall–Kier alpha value is -1.55. The Kier molecular flexibility index (Phi) is 5.44. The third-order valence-electron chi connectivity index (χ3n) is 5.70. The third-order valence-corrected chi connectivity index (χ3v) is 5.70. The molecule has 0 aliphatic carbocycles. The molecule has 2 saturated heterocycles. The van der Waals surface area contributed by atoms with E-state index in [0.29, 0.717) is 6.04 Å². The maximum Gasteiger partial charge on any atom is 0.317 e. The smallest absolute Gasteiger partial charge is 0.317 e. The molecule has 0 radical (unpaired) electrons. The summed E-state index contributed by atoms with van der Waals surface area (Å²) in [6.07, 6.45) is 4.90. The van der Waals surface area contributed by atoms with Gasteiger partial charge in [0.15, 0.2) is 0 Å². The van der Waals surface area contributed by atoms with E-state index >= 15 is 0 Å². The van der Waals surface area contributed by atoms with Crippen LogP contribution in [0, 0.1) is 13.8 Å². The normalized spacial score (nSPS) is 20.5. The second-order valence-electron chi connectivity index (χ2n) is 7.41. The Morgan fingerprint density at radius 1 is 1.17 bits per heavy atom. The summed E-state index contributed by atoms with van der Waals surface area (Å²) in [6.45, 7) is 10.6. The van der Waals surface area contributed by atoms with Crippen LogP contribution in [0.4, 0.5) is 4.79 Å². The summed E-state index contributed by atoms with van der Waals surface area (Å²) in [6, 6.07) is 7.27. The average molecular weight is 329 g/mol. The molecule has 1 aromatic rings. The molecule has 2 aliphatic heterocycles. The van der Waals surface area contributed by atoms with E-state index in [1.807, 2.05) is 4.90 Å². The topological polar surface area (TPSA) is 35.6 Å². The third kappa shape index (κ3) is 3.75. The fourth-order valence-electron chi connectivity index (χ4n) is 3.78. The second-order valence-corrected chi connectivity index (χ2v) is 7.41. The molecule has 2 fully saturated rings. The largest absolute Gasteiger partial charge is 0.331 e. The molecule has 0 unspecified atom stereocenters. The lowest BCUT2D eigenvalue weighted by Crippen LogP contribution is -2.63. The number of rotatable bonds is 4. The van der Waals surface area contributed by atoms with Crippen molar-refractivity contribution >= 4 is 6.03 Å². The predicted octanol–water partition coefficient (Wildman–Crippen LogP) is 3.63. The van der Waals surface area contributed by atoms with Crippen molar-refractivity contribution in [1.82, 2.24) is 15.1 Å². The van der Waals surface area contributed by atoms with Gasteiger partial charge in [0.2, 0.25) is 0 Å². The highest BCUT2D eigenvalue weighted by atomic mass is 16.2. The van der Waals surface area contributed by atoms with Crippen molar-refractivity contribution in [2.75, 3.05) is 26.2 Å². The van der Waals surface area contributed by atoms with E-state index in [4.69, 9.17) is 0 Å². The lowest BCUT2D eigenvalue weighted by atomic mass is 9.99. The molecule has 0 saturated carbocycles. The summed E-state index contributed by atoms with van der Waals surface area (Å²) >= 11 is 0. The molecular weight excluding hydrogens is 298 g/mol. The van der Waals surface area contributed by atoms with Gasteiger partial charge in [-0.1, -0.05) is 31.5 Å². The molecule has 1 N–H and O–H groups in total. The quantitative estimate of drug-likeness (QED) is 0.915. The Morgan fingerprint density at radius 2 is 1.88 bits per heavy atom. The lowest BCUT2D eigenvalue weighted by molar-refractivity contribution is 0.0441. The highest BCUT2D eigenvalue weighted by Crippen LogP contribution is 2.23. The minimum atomic E-state index is 0.0911. The fraction of sp³-hybridized carbons (Fsp3) is 0.650. The maximum atomic E-state index is 12.5. The number of piperidine rings is 1. The Labute approximate surface area is 146 Å². The van der Waals surface area contributed by atoms with Gasteiger partial charge in [0.05, 0.1) is 6.04 Å². The molecule has 4 heteroatoms. The van der Waals surface area contributed by atoms with Crippen molar-refractivity contribution in [2.45, 2.75) is 58.5 Å². The van der Waals surface area contributed by atoms with Gasteiger partial charge < -0.3 is 10.2 Å². The number of nitrogens with zero attached hydrogens (tertiary/aromatic N) is 2. The monoisotopic (exact) mass is 329 g/mol. The van der Waals surface area contributed by atoms with E-state index in [2.05, 4.69) is 49.2 Å². The van der Waals surface area contributed by atoms with Crippen molar-refractivity contribution in [3.05, 3.63) is 34.9 Å². The molecule has 4 nitrogen and oxygen atoms in total. The van der Waals surface area contributed by atoms with Gasteiger partial charge in [0, 0.05) is 19.1 Å². The Morgan fingerprint density at radius 3 is 2.50 bits per heavy atom. The van der Waals surface area contributed by atoms with Crippen LogP contribution in [0.15, 0.2) is 18.2 Å². The zero-order valence-corrected chi connectivity index (χ0v) is 15.3. The van der Waals surface area contributed by atoms with Crippen LogP contribution in [0.5, 0.6) is 0 Å². The number of likely N-dealkylation sites (tertiary alicyclic amines) is 2. The molecule has 0 spiro atoms. The van der Waals surface area contributed by atoms with Crippen LogP contribution in [0.25, 0.3) is 0 Å². The Bertz CT molecular complexity index is 574. The summed E-state index contributed by atoms with van der Waals surface area (Å²) in [4.78, 5) is 17.1. The summed E-state index contributed by atoms with van der Waals surface area (Å²) < 4.78 is 0. The number of urea groups is 1. The van der Waals surface area contributed by atoms with Crippen molar-refractivity contribution < 1.29 is 4.79 Å². The molecular formula is C20H31N3O. The van der Waals surface area contributed by atoms with E-state index in [1.165, 1.54) is 49.0 Å². The molecule has 3 rings (SSSR count). The summed E-state index contributed by atoms with van der Waals surface area (Å²) in [5.74, 6) is 0. The molecule has 0 aromatic heterocycles. The van der Waals surface area contributed by atoms with E-state index < -0.39 is 0 Å². The minimum Gasteiger partial charge on any atom is -0.331 e. The molecule has 24 heavy (non-hydrogen) atoms. The van der Waals surface area contributed by atoms with Gasteiger partial charge in [-0.2, -0.15) is 0 Å². The number of amides is 2. The Balaban J connectivity index is 1.53. The van der Waals surface area contributed by atoms with E-state index in [9.17, 15) is 4.79 Å². The van der Waals surface area contributed by atoms with Crippen LogP contribution in [0.1, 0.15) is 55.3 Å². The fourth-order valence-corrected chi connectivity index (χ4v) is 3.78. The lowest BCUT2D eigenvalue weighted by Gasteiger charge is -2.46. The van der Waals surface area contributed by atoms with Crippen LogP contribution < -0.4 is 5.32 Å². The van der Waals surface area contributed by atoms with Crippen LogP contribution >= 0.6 is 0 Å². The van der Waals surface area contributed by atoms with Gasteiger partial charge in [-0.25, -0.2) is 4.79 Å². The second kappa shape index (κ2) is 7.56. The van der Waals surface area contributed by atoms with Gasteiger partial charge in [0.25, 0.3) is 0 Å². The van der Waals surface area contributed by atoms with Crippen molar-refractivity contribution in [3.63, 3.8) is 0 Å². The van der Waals surface area contributed by atoms with Crippen molar-refractivity contribution in [2.24, 2.45) is 0 Å². The molecule has 132 valence electrons. The number of hydrogen-bond donors (Lipinski definition) is 1. The number of nitrogens with one attached hydrogen (secondary N) is 1. The van der Waals surface area contributed by atoms with Gasteiger partial charge in [-0.05, 0) is 62.9 Å². The molecule has 2 amide bonds. The van der Waals surface area contributed by atoms with Gasteiger partial charge in [0.1, 0.15) is 0 Å². The van der Waals surface area contributed by atoms with Crippen LogP contribution in [0.3, 0.4) is 0 Å². The number of carbonyl (C=O) groups is 1. The standard InChI is InChI=1S/C20H31N3O/c1-4-19(17-9-8-15(2)16(3)12-17)21-20(24)23-13-18(14-23)22-10-6-5-7-11-22/h8-9,12,18-19H,4-7,10-11,13-14H2,1-3H3,(H,21,24)/t19-/m1/s1. The molecule has 0 bridgehead atoms. The first kappa shape index (κ1) is 17.3. The van der Waals surface area contributed by atoms with Gasteiger partial charge in [-0.3, -0.25) is 4.90 Å². The maximum absolute atomic E-state index is 12.5. The molecule has 2 aliphatic rings. The van der Waals surface area contributed by atoms with E-state index in [-0.39, 0.29) is 12.1 Å². The van der Waals surface area contributed by atoms with Crippen molar-refractivity contribution in [3.8, 4) is 0 Å². The predicted molar refractivity (Wildman–Crippen MR) is 98.3 cm³/mol. The first-order chi connectivity index (χ1) is 11.6. The molecule has 2 heterocycles. The summed E-state index contributed by atoms with van der Waals surface area (Å²) in [5.41, 5.74) is 3.79. The van der Waals surface area contributed by atoms with Gasteiger partial charge in [-0.15, -0.1) is 0 Å². The molecule has 1 aromatic carbocycles. The highest BCUT2D eigenvalue weighted by molar-refractivity contribution is 5.75. The zero-order chi connectivity index (χ0) is 17.1. The first-order valence-electron chi connectivity index (χ1n) is 9.45. The van der Waals surface area contributed by atoms with Crippen LogP contribution in [-0.4, -0.2) is 48.1 Å². The van der Waals surface area contributed by atoms with E-state index in [0.717, 1.165) is 19.5 Å². The van der Waals surface area contributed by atoms with Crippen LogP contribution in [0.2, 0.25) is 0 Å². The van der Waals surface area contributed by atoms with E-state index in [1.54, 1.807) is 0 Å². The number of hydrogen-bond acceptors (Lipinski definition) is 2. The van der Waals surface area contributed by atoms with Crippen LogP contribution in [-0.2, 0) is 0 Å². The highest BCUT2D eigenvalue weighted by Gasteiger charge is 2.35. The summed E-state index contributed by atoms with van der Waals surface area (Å²) in [7, 11) is 0. The zero-order valence-electron chi connectivity index (χ0n) is 15.3. The SMILES string of the molecule is CC[C@@H](NC(=O)N1CC(N2CCCCC2)C1)c1ccc(C)c(C)c1. The number of benzene rings is 1. The van der Waals surface area contributed by atoms with Gasteiger partial charge >= 0.3 is 6.03 Å². The van der Waals surface area contributed by atoms with Crippen molar-refractivity contribution in [1.29, 1.82) is 0 Å². The number of carbonyl (C=O) groups excluding carboxylic acids is 1. The number of aryl methyl sites for hydroxylation is 2. The summed E-state index contributed by atoms with van der Waals surface area (Å²) in [5, 5.41) is 3.22. The minimum absolute atomic E-state index is 0.0911. The molecule has 1 atom stereocenters. The first-order valence-corrected chi connectivity index (χ1v) is 9.45. The average Bonchev–Trinajstić information content (AvgIpc) is 2.55.